The van der Waals surface area contributed by atoms with Crippen molar-refractivity contribution >= 4 is 0 Å². The lowest BCUT2D eigenvalue weighted by molar-refractivity contribution is -0.0731. The molecule has 2 aliphatic rings. The van der Waals surface area contributed by atoms with Crippen molar-refractivity contribution in [3.63, 3.8) is 0 Å². The SMILES string of the molecule is O[C@@H]1[C@H]2c3ccccc3CN2CC[C@@H]1O. The molecule has 0 unspecified atom stereocenters. The van der Waals surface area contributed by atoms with E-state index in [2.05, 4.69) is 17.0 Å². The number of benzene rings is 1. The van der Waals surface area contributed by atoms with Crippen LogP contribution in [0.2, 0.25) is 0 Å². The summed E-state index contributed by atoms with van der Waals surface area (Å²) in [4.78, 5) is 2.25. The van der Waals surface area contributed by atoms with Gasteiger partial charge in [-0.2, -0.15) is 0 Å². The standard InChI is InChI=1S/C12H15NO2/c14-10-5-6-13-7-8-3-1-2-4-9(8)11(13)12(10)15/h1-4,10-12,14-15H,5-7H2/t10-,11+,12-/m0/s1. The molecule has 0 aromatic heterocycles. The molecule has 3 nitrogen and oxygen atoms in total. The molecule has 0 bridgehead atoms. The Balaban J connectivity index is 2.01. The molecule has 3 heteroatoms. The first-order chi connectivity index (χ1) is 7.27. The zero-order chi connectivity index (χ0) is 10.4. The van der Waals surface area contributed by atoms with E-state index in [0.717, 1.165) is 13.1 Å². The molecule has 1 fully saturated rings. The minimum absolute atomic E-state index is 0.00458. The monoisotopic (exact) mass is 205 g/mol. The van der Waals surface area contributed by atoms with Crippen LogP contribution in [0, 0.1) is 0 Å². The zero-order valence-electron chi connectivity index (χ0n) is 8.50. The molecule has 0 spiro atoms. The van der Waals surface area contributed by atoms with Gasteiger partial charge >= 0.3 is 0 Å². The lowest BCUT2D eigenvalue weighted by Crippen LogP contribution is -2.45. The van der Waals surface area contributed by atoms with Gasteiger partial charge in [-0.1, -0.05) is 24.3 Å². The second-order valence-corrected chi connectivity index (χ2v) is 4.46. The number of hydrogen-bond donors (Lipinski definition) is 2. The Morgan fingerprint density at radius 1 is 1.20 bits per heavy atom. The molecule has 80 valence electrons. The maximum Gasteiger partial charge on any atom is 0.0995 e. The molecule has 1 saturated heterocycles. The third-order valence-corrected chi connectivity index (χ3v) is 3.57. The van der Waals surface area contributed by atoms with Gasteiger partial charge in [-0.3, -0.25) is 4.90 Å². The third kappa shape index (κ3) is 1.31. The summed E-state index contributed by atoms with van der Waals surface area (Å²) < 4.78 is 0. The quantitative estimate of drug-likeness (QED) is 0.654. The molecule has 0 aliphatic carbocycles. The summed E-state index contributed by atoms with van der Waals surface area (Å²) >= 11 is 0. The first kappa shape index (κ1) is 9.33. The van der Waals surface area contributed by atoms with Gasteiger partial charge < -0.3 is 10.2 Å². The number of hydrogen-bond acceptors (Lipinski definition) is 3. The van der Waals surface area contributed by atoms with E-state index >= 15 is 0 Å². The van der Waals surface area contributed by atoms with Gasteiger partial charge in [0.15, 0.2) is 0 Å². The highest BCUT2D eigenvalue weighted by molar-refractivity contribution is 5.35. The molecule has 3 rings (SSSR count). The molecular weight excluding hydrogens is 190 g/mol. The summed E-state index contributed by atoms with van der Waals surface area (Å²) in [5, 5.41) is 19.7. The van der Waals surface area contributed by atoms with Crippen molar-refractivity contribution in [2.45, 2.75) is 31.2 Å². The Morgan fingerprint density at radius 2 is 2.00 bits per heavy atom. The predicted octanol–water partition coefficient (Wildman–Crippen LogP) is 0.669. The summed E-state index contributed by atoms with van der Waals surface area (Å²) in [6, 6.07) is 8.19. The summed E-state index contributed by atoms with van der Waals surface area (Å²) in [6.45, 7) is 1.78. The fourth-order valence-electron chi connectivity index (χ4n) is 2.78. The van der Waals surface area contributed by atoms with Crippen molar-refractivity contribution in [2.75, 3.05) is 6.54 Å². The molecular formula is C12H15NO2. The highest BCUT2D eigenvalue weighted by Crippen LogP contribution is 2.39. The van der Waals surface area contributed by atoms with Crippen LogP contribution in [-0.4, -0.2) is 33.9 Å². The number of piperidine rings is 1. The minimum atomic E-state index is -0.637. The summed E-state index contributed by atoms with van der Waals surface area (Å²) in [7, 11) is 0. The zero-order valence-corrected chi connectivity index (χ0v) is 8.50. The van der Waals surface area contributed by atoms with Gasteiger partial charge in [-0.25, -0.2) is 0 Å². The number of rotatable bonds is 0. The van der Waals surface area contributed by atoms with Gasteiger partial charge in [0.1, 0.15) is 0 Å². The average Bonchev–Trinajstić information content (AvgIpc) is 2.62. The smallest absolute Gasteiger partial charge is 0.0995 e. The first-order valence-corrected chi connectivity index (χ1v) is 5.45. The van der Waals surface area contributed by atoms with E-state index in [0.29, 0.717) is 6.42 Å². The van der Waals surface area contributed by atoms with E-state index in [1.165, 1.54) is 11.1 Å². The lowest BCUT2D eigenvalue weighted by atomic mass is 9.93. The van der Waals surface area contributed by atoms with E-state index < -0.39 is 12.2 Å². The van der Waals surface area contributed by atoms with Gasteiger partial charge in [0.05, 0.1) is 18.2 Å². The van der Waals surface area contributed by atoms with E-state index in [-0.39, 0.29) is 6.04 Å². The second-order valence-electron chi connectivity index (χ2n) is 4.46. The van der Waals surface area contributed by atoms with Crippen LogP contribution in [0.1, 0.15) is 23.6 Å². The van der Waals surface area contributed by atoms with Crippen LogP contribution in [0.4, 0.5) is 0 Å². The van der Waals surface area contributed by atoms with Crippen molar-refractivity contribution in [1.82, 2.24) is 4.90 Å². The van der Waals surface area contributed by atoms with Crippen LogP contribution in [0.25, 0.3) is 0 Å². The van der Waals surface area contributed by atoms with Crippen LogP contribution in [0.3, 0.4) is 0 Å². The Bertz CT molecular complexity index is 378. The molecule has 3 atom stereocenters. The predicted molar refractivity (Wildman–Crippen MR) is 56.2 cm³/mol. The largest absolute Gasteiger partial charge is 0.390 e. The Kier molecular flexibility index (Phi) is 2.06. The Hall–Kier alpha value is -0.900. The van der Waals surface area contributed by atoms with Gasteiger partial charge in [0.25, 0.3) is 0 Å². The molecule has 0 amide bonds. The van der Waals surface area contributed by atoms with E-state index in [1.54, 1.807) is 0 Å². The van der Waals surface area contributed by atoms with E-state index in [9.17, 15) is 10.2 Å². The fourth-order valence-corrected chi connectivity index (χ4v) is 2.78. The topological polar surface area (TPSA) is 43.7 Å². The second kappa shape index (κ2) is 3.30. The molecule has 1 aromatic rings. The van der Waals surface area contributed by atoms with Crippen LogP contribution in [0.15, 0.2) is 24.3 Å². The highest BCUT2D eigenvalue weighted by Gasteiger charge is 2.41. The molecule has 2 N–H and O–H groups in total. The molecule has 2 aliphatic heterocycles. The summed E-state index contributed by atoms with van der Waals surface area (Å²) in [5.41, 5.74) is 2.47. The summed E-state index contributed by atoms with van der Waals surface area (Å²) in [5.74, 6) is 0. The van der Waals surface area contributed by atoms with E-state index in [1.807, 2.05) is 12.1 Å². The van der Waals surface area contributed by atoms with Crippen molar-refractivity contribution in [2.24, 2.45) is 0 Å². The number of aliphatic hydroxyl groups is 2. The maximum atomic E-state index is 10.0. The Morgan fingerprint density at radius 3 is 2.87 bits per heavy atom. The molecule has 1 aromatic carbocycles. The van der Waals surface area contributed by atoms with Gasteiger partial charge in [-0.05, 0) is 17.5 Å². The van der Waals surface area contributed by atoms with Crippen molar-refractivity contribution in [1.29, 1.82) is 0 Å². The normalized spacial score (nSPS) is 34.9. The first-order valence-electron chi connectivity index (χ1n) is 5.45. The van der Waals surface area contributed by atoms with Crippen LogP contribution in [-0.2, 0) is 6.54 Å². The van der Waals surface area contributed by atoms with Crippen molar-refractivity contribution in [3.05, 3.63) is 35.4 Å². The molecule has 15 heavy (non-hydrogen) atoms. The molecule has 0 saturated carbocycles. The lowest BCUT2D eigenvalue weighted by Gasteiger charge is -2.37. The fraction of sp³-hybridized carbons (Fsp3) is 0.500. The van der Waals surface area contributed by atoms with Crippen molar-refractivity contribution < 1.29 is 10.2 Å². The Labute approximate surface area is 89.0 Å². The summed E-state index contributed by atoms with van der Waals surface area (Å²) in [6.07, 6.45) is -0.536. The van der Waals surface area contributed by atoms with Crippen LogP contribution in [0.5, 0.6) is 0 Å². The highest BCUT2D eigenvalue weighted by atomic mass is 16.3. The van der Waals surface area contributed by atoms with Crippen molar-refractivity contribution in [3.8, 4) is 0 Å². The molecule has 2 heterocycles. The number of aliphatic hydroxyl groups excluding tert-OH is 2. The van der Waals surface area contributed by atoms with Gasteiger partial charge in [0.2, 0.25) is 0 Å². The maximum absolute atomic E-state index is 10.0. The minimum Gasteiger partial charge on any atom is -0.390 e. The average molecular weight is 205 g/mol. The van der Waals surface area contributed by atoms with Gasteiger partial charge in [0, 0.05) is 13.1 Å². The third-order valence-electron chi connectivity index (χ3n) is 3.57. The van der Waals surface area contributed by atoms with Gasteiger partial charge in [-0.15, -0.1) is 0 Å². The molecule has 0 radical (unpaired) electrons. The van der Waals surface area contributed by atoms with E-state index in [4.69, 9.17) is 0 Å². The number of nitrogens with zero attached hydrogens (tertiary/aromatic N) is 1. The number of fused-ring (bicyclic) bond motifs is 3. The van der Waals surface area contributed by atoms with Crippen LogP contribution >= 0.6 is 0 Å². The van der Waals surface area contributed by atoms with Crippen LogP contribution < -0.4 is 0 Å².